The predicted octanol–water partition coefficient (Wildman–Crippen LogP) is 3.61. The summed E-state index contributed by atoms with van der Waals surface area (Å²) in [6.07, 6.45) is 1.30. The Balaban J connectivity index is 1.76. The van der Waals surface area contributed by atoms with E-state index in [0.717, 1.165) is 19.3 Å². The second kappa shape index (κ2) is 8.52. The maximum atomic E-state index is 13.7. The van der Waals surface area contributed by atoms with Crippen LogP contribution in [0.4, 0.5) is 26.4 Å². The van der Waals surface area contributed by atoms with E-state index in [4.69, 9.17) is 23.1 Å². The molecule has 1 atom stereocenters. The lowest BCUT2D eigenvalue weighted by Crippen LogP contribution is -2.34. The molecule has 13 heteroatoms. The standard InChI is InChI=1S/C21H20ClF2N9O/c22-14-17(25)30-21(26)31-18(14)29-15(9-3-1-4-9)19-28-11-6-2-5-10(16(23)24)13(11)20(34)33(19)12-7-8-27-32-12/h2,5-9,15-16H,1,3-4H2,(H,27,32)(H5,25,26,29,30,31)/t15-/m0/s1. The van der Waals surface area contributed by atoms with Gasteiger partial charge in [-0.15, -0.1) is 0 Å². The fourth-order valence-corrected chi connectivity index (χ4v) is 4.30. The van der Waals surface area contributed by atoms with Crippen molar-refractivity contribution in [3.05, 3.63) is 57.2 Å². The predicted molar refractivity (Wildman–Crippen MR) is 124 cm³/mol. The summed E-state index contributed by atoms with van der Waals surface area (Å²) in [5.74, 6) is 0.765. The van der Waals surface area contributed by atoms with Crippen LogP contribution in [-0.2, 0) is 0 Å². The molecule has 4 aromatic rings. The number of fused-ring (bicyclic) bond motifs is 1. The second-order valence-electron chi connectivity index (χ2n) is 8.04. The lowest BCUT2D eigenvalue weighted by atomic mass is 9.79. The van der Waals surface area contributed by atoms with Crippen LogP contribution in [0.25, 0.3) is 16.7 Å². The van der Waals surface area contributed by atoms with Gasteiger partial charge in [0.25, 0.3) is 12.0 Å². The van der Waals surface area contributed by atoms with Crippen LogP contribution in [0.5, 0.6) is 0 Å². The van der Waals surface area contributed by atoms with E-state index < -0.39 is 18.0 Å². The van der Waals surface area contributed by atoms with Crippen molar-refractivity contribution in [1.29, 1.82) is 0 Å². The summed E-state index contributed by atoms with van der Waals surface area (Å²) >= 11 is 6.33. The van der Waals surface area contributed by atoms with Gasteiger partial charge in [-0.3, -0.25) is 9.89 Å². The summed E-state index contributed by atoms with van der Waals surface area (Å²) in [4.78, 5) is 26.3. The lowest BCUT2D eigenvalue weighted by Gasteiger charge is -2.35. The van der Waals surface area contributed by atoms with Crippen LogP contribution in [0.1, 0.15) is 43.1 Å². The summed E-state index contributed by atoms with van der Waals surface area (Å²) in [7, 11) is 0. The molecule has 1 aromatic carbocycles. The first-order chi connectivity index (χ1) is 16.3. The third kappa shape index (κ3) is 3.69. The summed E-state index contributed by atoms with van der Waals surface area (Å²) < 4.78 is 28.8. The average Bonchev–Trinajstić information content (AvgIpc) is 3.29. The quantitative estimate of drug-likeness (QED) is 0.321. The number of nitrogens with one attached hydrogen (secondary N) is 2. The van der Waals surface area contributed by atoms with Gasteiger partial charge in [0, 0.05) is 11.6 Å². The zero-order valence-corrected chi connectivity index (χ0v) is 18.4. The van der Waals surface area contributed by atoms with Crippen LogP contribution in [-0.4, -0.2) is 29.7 Å². The minimum absolute atomic E-state index is 0.00281. The molecular weight excluding hydrogens is 468 g/mol. The molecule has 3 heterocycles. The number of nitrogens with zero attached hydrogens (tertiary/aromatic N) is 5. The molecule has 6 N–H and O–H groups in total. The zero-order chi connectivity index (χ0) is 24.0. The number of nitrogen functional groups attached to an aromatic ring is 2. The van der Waals surface area contributed by atoms with Gasteiger partial charge in [0.2, 0.25) is 5.95 Å². The van der Waals surface area contributed by atoms with Crippen molar-refractivity contribution in [3.63, 3.8) is 0 Å². The smallest absolute Gasteiger partial charge is 0.267 e. The molecule has 3 aromatic heterocycles. The number of halogens is 3. The molecule has 0 amide bonds. The minimum atomic E-state index is -2.84. The van der Waals surface area contributed by atoms with Gasteiger partial charge in [0.05, 0.1) is 23.1 Å². The van der Waals surface area contributed by atoms with E-state index in [-0.39, 0.29) is 50.8 Å². The van der Waals surface area contributed by atoms with Crippen LogP contribution in [0, 0.1) is 5.92 Å². The number of alkyl halides is 2. The number of anilines is 3. The Bertz CT molecular complexity index is 1420. The SMILES string of the molecule is Nc1nc(N)c(Cl)c(N[C@H](c2nc3cccc(C(F)F)c3c(=O)n2-c2ccn[nH]2)C2CCC2)n1. The number of hydrogen-bond donors (Lipinski definition) is 4. The van der Waals surface area contributed by atoms with Crippen molar-refractivity contribution < 1.29 is 8.78 Å². The molecular formula is C21H20ClF2N9O. The summed E-state index contributed by atoms with van der Waals surface area (Å²) in [6, 6.07) is 5.22. The van der Waals surface area contributed by atoms with Crippen molar-refractivity contribution in [3.8, 4) is 5.82 Å². The number of H-pyrrole nitrogens is 1. The molecule has 0 aliphatic heterocycles. The number of rotatable bonds is 6. The van der Waals surface area contributed by atoms with Crippen LogP contribution in [0.2, 0.25) is 5.02 Å². The Kier molecular flexibility index (Phi) is 5.52. The highest BCUT2D eigenvalue weighted by Crippen LogP contribution is 2.41. The van der Waals surface area contributed by atoms with E-state index in [9.17, 15) is 13.6 Å². The van der Waals surface area contributed by atoms with Crippen LogP contribution < -0.4 is 22.3 Å². The molecule has 0 radical (unpaired) electrons. The van der Waals surface area contributed by atoms with E-state index in [1.54, 1.807) is 6.07 Å². The molecule has 10 nitrogen and oxygen atoms in total. The number of aromatic nitrogens is 6. The van der Waals surface area contributed by atoms with E-state index in [1.807, 2.05) is 0 Å². The van der Waals surface area contributed by atoms with E-state index in [0.29, 0.717) is 5.82 Å². The molecule has 1 fully saturated rings. The van der Waals surface area contributed by atoms with Crippen LogP contribution >= 0.6 is 11.6 Å². The monoisotopic (exact) mass is 487 g/mol. The maximum absolute atomic E-state index is 13.7. The molecule has 1 aliphatic rings. The fourth-order valence-electron chi connectivity index (χ4n) is 4.16. The van der Waals surface area contributed by atoms with Gasteiger partial charge >= 0.3 is 0 Å². The molecule has 0 unspecified atom stereocenters. The molecule has 34 heavy (non-hydrogen) atoms. The Labute approximate surface area is 196 Å². The van der Waals surface area contributed by atoms with Crippen molar-refractivity contribution in [2.45, 2.75) is 31.7 Å². The van der Waals surface area contributed by atoms with E-state index >= 15 is 0 Å². The molecule has 1 aliphatic carbocycles. The van der Waals surface area contributed by atoms with Crippen LogP contribution in [0.15, 0.2) is 35.3 Å². The number of aromatic amines is 1. The van der Waals surface area contributed by atoms with Crippen molar-refractivity contribution in [2.24, 2.45) is 5.92 Å². The lowest BCUT2D eigenvalue weighted by molar-refractivity contribution is 0.153. The van der Waals surface area contributed by atoms with Crippen molar-refractivity contribution in [2.75, 3.05) is 16.8 Å². The summed E-state index contributed by atoms with van der Waals surface area (Å²) in [5.41, 5.74) is 10.7. The average molecular weight is 488 g/mol. The van der Waals surface area contributed by atoms with Crippen LogP contribution in [0.3, 0.4) is 0 Å². The first-order valence-corrected chi connectivity index (χ1v) is 10.9. The fraction of sp³-hybridized carbons (Fsp3) is 0.286. The summed E-state index contributed by atoms with van der Waals surface area (Å²) in [6.45, 7) is 0. The highest BCUT2D eigenvalue weighted by atomic mass is 35.5. The summed E-state index contributed by atoms with van der Waals surface area (Å²) in [5, 5.41) is 9.81. The highest BCUT2D eigenvalue weighted by Gasteiger charge is 2.34. The Morgan fingerprint density at radius 3 is 2.62 bits per heavy atom. The zero-order valence-electron chi connectivity index (χ0n) is 17.7. The van der Waals surface area contributed by atoms with Gasteiger partial charge in [-0.25, -0.2) is 18.3 Å². The Morgan fingerprint density at radius 2 is 1.97 bits per heavy atom. The van der Waals surface area contributed by atoms with Gasteiger partial charge in [-0.05, 0) is 24.8 Å². The normalized spacial score (nSPS) is 14.9. The number of benzene rings is 1. The Hall–Kier alpha value is -3.80. The van der Waals surface area contributed by atoms with Gasteiger partial charge < -0.3 is 16.8 Å². The third-order valence-corrected chi connectivity index (χ3v) is 6.38. The van der Waals surface area contributed by atoms with E-state index in [1.165, 1.54) is 29.0 Å². The first kappa shape index (κ1) is 22.0. The molecule has 0 saturated heterocycles. The third-order valence-electron chi connectivity index (χ3n) is 6.00. The topological polar surface area (TPSA) is 153 Å². The molecule has 1 saturated carbocycles. The molecule has 0 spiro atoms. The van der Waals surface area contributed by atoms with E-state index in [2.05, 4.69) is 30.5 Å². The molecule has 5 rings (SSSR count). The number of hydrogen-bond acceptors (Lipinski definition) is 8. The van der Waals surface area contributed by atoms with Gasteiger partial charge in [-0.2, -0.15) is 15.1 Å². The van der Waals surface area contributed by atoms with Gasteiger partial charge in [0.15, 0.2) is 5.82 Å². The van der Waals surface area contributed by atoms with Crippen molar-refractivity contribution >= 4 is 40.1 Å². The Morgan fingerprint density at radius 1 is 1.18 bits per heavy atom. The highest BCUT2D eigenvalue weighted by molar-refractivity contribution is 6.35. The van der Waals surface area contributed by atoms with Gasteiger partial charge in [-0.1, -0.05) is 30.2 Å². The van der Waals surface area contributed by atoms with Gasteiger partial charge in [0.1, 0.15) is 22.5 Å². The minimum Gasteiger partial charge on any atom is -0.382 e. The molecule has 0 bridgehead atoms. The second-order valence-corrected chi connectivity index (χ2v) is 8.42. The maximum Gasteiger partial charge on any atom is 0.267 e. The van der Waals surface area contributed by atoms with Crippen molar-refractivity contribution in [1.82, 2.24) is 29.7 Å². The molecule has 176 valence electrons. The first-order valence-electron chi connectivity index (χ1n) is 10.5. The number of nitrogens with two attached hydrogens (primary N) is 2. The largest absolute Gasteiger partial charge is 0.382 e.